The molecule has 128 valence electrons. The van der Waals surface area contributed by atoms with Gasteiger partial charge in [-0.05, 0) is 24.9 Å². The molecule has 0 unspecified atom stereocenters. The molecule has 1 aromatic rings. The van der Waals surface area contributed by atoms with Crippen LogP contribution in [0.2, 0.25) is 0 Å². The van der Waals surface area contributed by atoms with Gasteiger partial charge in [-0.2, -0.15) is 0 Å². The Morgan fingerprint density at radius 3 is 2.35 bits per heavy atom. The second-order valence-electron chi connectivity index (χ2n) is 5.95. The Bertz CT molecular complexity index is 488. The van der Waals surface area contributed by atoms with Crippen LogP contribution in [0.4, 0.5) is 0 Å². The summed E-state index contributed by atoms with van der Waals surface area (Å²) in [7, 11) is 1.75. The summed E-state index contributed by atoms with van der Waals surface area (Å²) in [5.41, 5.74) is 0.925. The van der Waals surface area contributed by atoms with Crippen molar-refractivity contribution in [3.63, 3.8) is 0 Å². The predicted octanol–water partition coefficient (Wildman–Crippen LogP) is 2.26. The highest BCUT2D eigenvalue weighted by Gasteiger charge is 2.28. The van der Waals surface area contributed by atoms with Gasteiger partial charge in [0.25, 0.3) is 0 Å². The van der Waals surface area contributed by atoms with Gasteiger partial charge in [-0.1, -0.05) is 57.5 Å². The van der Waals surface area contributed by atoms with E-state index in [4.69, 9.17) is 4.74 Å². The quantitative estimate of drug-likeness (QED) is 0.685. The van der Waals surface area contributed by atoms with Gasteiger partial charge in [0, 0.05) is 0 Å². The maximum Gasteiger partial charge on any atom is 0.329 e. The third-order valence-electron chi connectivity index (χ3n) is 3.68. The summed E-state index contributed by atoms with van der Waals surface area (Å²) in [5.74, 6) is -0.602. The minimum absolute atomic E-state index is 0.0404. The minimum atomic E-state index is -0.640. The van der Waals surface area contributed by atoms with E-state index < -0.39 is 12.0 Å². The number of amides is 1. The number of hydrogen-bond acceptors (Lipinski definition) is 4. The Balaban J connectivity index is 2.62. The number of rotatable bonds is 9. The molecule has 0 saturated heterocycles. The summed E-state index contributed by atoms with van der Waals surface area (Å²) >= 11 is 0. The number of ether oxygens (including phenoxy) is 1. The van der Waals surface area contributed by atoms with Gasteiger partial charge in [-0.3, -0.25) is 4.79 Å². The van der Waals surface area contributed by atoms with Crippen molar-refractivity contribution in [1.29, 1.82) is 0 Å². The summed E-state index contributed by atoms with van der Waals surface area (Å²) in [4.78, 5) is 24.6. The number of nitrogens with one attached hydrogen (secondary N) is 2. The number of carbonyl (C=O) groups excluding carboxylic acids is 2. The number of benzene rings is 1. The SMILES string of the molecule is CCC[C@H](NC)C(=O)N[C@H](C(=O)OCc1ccccc1)C(C)C. The summed E-state index contributed by atoms with van der Waals surface area (Å²) in [6.45, 7) is 6.01. The molecule has 0 fully saturated rings. The minimum Gasteiger partial charge on any atom is -0.459 e. The van der Waals surface area contributed by atoms with Crippen molar-refractivity contribution in [2.75, 3.05) is 7.05 Å². The lowest BCUT2D eigenvalue weighted by Crippen LogP contribution is -2.51. The number of esters is 1. The highest BCUT2D eigenvalue weighted by molar-refractivity contribution is 5.87. The number of carbonyl (C=O) groups is 2. The fourth-order valence-electron chi connectivity index (χ4n) is 2.27. The van der Waals surface area contributed by atoms with Crippen LogP contribution in [-0.2, 0) is 20.9 Å². The van der Waals surface area contributed by atoms with Gasteiger partial charge in [0.1, 0.15) is 12.6 Å². The molecule has 1 aromatic carbocycles. The zero-order valence-electron chi connectivity index (χ0n) is 14.5. The average molecular weight is 320 g/mol. The second-order valence-corrected chi connectivity index (χ2v) is 5.95. The number of hydrogen-bond donors (Lipinski definition) is 2. The fourth-order valence-corrected chi connectivity index (χ4v) is 2.27. The van der Waals surface area contributed by atoms with Crippen LogP contribution in [-0.4, -0.2) is 31.0 Å². The number of likely N-dealkylation sites (N-methyl/N-ethyl adjacent to an activating group) is 1. The first-order chi connectivity index (χ1) is 11.0. The summed E-state index contributed by atoms with van der Waals surface area (Å²) in [6, 6.07) is 8.57. The van der Waals surface area contributed by atoms with E-state index in [2.05, 4.69) is 10.6 Å². The van der Waals surface area contributed by atoms with E-state index in [1.165, 1.54) is 0 Å². The van der Waals surface area contributed by atoms with Gasteiger partial charge in [0.05, 0.1) is 6.04 Å². The van der Waals surface area contributed by atoms with Crippen LogP contribution in [0.3, 0.4) is 0 Å². The van der Waals surface area contributed by atoms with Gasteiger partial charge in [-0.25, -0.2) is 4.79 Å². The highest BCUT2D eigenvalue weighted by Crippen LogP contribution is 2.08. The summed E-state index contributed by atoms with van der Waals surface area (Å²) in [5, 5.41) is 5.79. The molecule has 0 heterocycles. The van der Waals surface area contributed by atoms with Crippen molar-refractivity contribution in [1.82, 2.24) is 10.6 Å². The smallest absolute Gasteiger partial charge is 0.329 e. The molecule has 0 saturated carbocycles. The van der Waals surface area contributed by atoms with E-state index in [0.717, 1.165) is 18.4 Å². The average Bonchev–Trinajstić information content (AvgIpc) is 2.55. The molecule has 2 atom stereocenters. The predicted molar refractivity (Wildman–Crippen MR) is 90.8 cm³/mol. The summed E-state index contributed by atoms with van der Waals surface area (Å²) < 4.78 is 5.35. The standard InChI is InChI=1S/C18H28N2O3/c1-5-9-15(19-4)17(21)20-16(13(2)3)18(22)23-12-14-10-7-6-8-11-14/h6-8,10-11,13,15-16,19H,5,9,12H2,1-4H3,(H,20,21)/t15-,16-/m0/s1. The van der Waals surface area contributed by atoms with Crippen molar-refractivity contribution in [3.8, 4) is 0 Å². The van der Waals surface area contributed by atoms with Crippen molar-refractivity contribution in [2.45, 2.75) is 52.3 Å². The molecule has 0 aliphatic heterocycles. The molecule has 23 heavy (non-hydrogen) atoms. The lowest BCUT2D eigenvalue weighted by atomic mass is 10.0. The van der Waals surface area contributed by atoms with Gasteiger partial charge in [0.2, 0.25) is 5.91 Å². The maximum absolute atomic E-state index is 12.3. The molecule has 5 nitrogen and oxygen atoms in total. The van der Waals surface area contributed by atoms with Crippen molar-refractivity contribution >= 4 is 11.9 Å². The van der Waals surface area contributed by atoms with E-state index in [0.29, 0.717) is 0 Å². The van der Waals surface area contributed by atoms with Crippen LogP contribution in [0.15, 0.2) is 30.3 Å². The van der Waals surface area contributed by atoms with Crippen LogP contribution < -0.4 is 10.6 Å². The Hall–Kier alpha value is -1.88. The third kappa shape index (κ3) is 6.40. The largest absolute Gasteiger partial charge is 0.459 e. The van der Waals surface area contributed by atoms with E-state index in [-0.39, 0.29) is 24.5 Å². The molecule has 0 aliphatic rings. The van der Waals surface area contributed by atoms with E-state index in [1.807, 2.05) is 51.1 Å². The topological polar surface area (TPSA) is 67.4 Å². The lowest BCUT2D eigenvalue weighted by molar-refractivity contribution is -0.150. The molecule has 0 spiro atoms. The van der Waals surface area contributed by atoms with E-state index in [9.17, 15) is 9.59 Å². The van der Waals surface area contributed by atoms with Crippen molar-refractivity contribution in [3.05, 3.63) is 35.9 Å². The molecular formula is C18H28N2O3. The molecule has 0 bridgehead atoms. The molecule has 1 amide bonds. The van der Waals surface area contributed by atoms with Crippen LogP contribution in [0.1, 0.15) is 39.2 Å². The van der Waals surface area contributed by atoms with Gasteiger partial charge in [-0.15, -0.1) is 0 Å². The molecule has 0 aliphatic carbocycles. The first kappa shape index (κ1) is 19.2. The van der Waals surface area contributed by atoms with Gasteiger partial charge < -0.3 is 15.4 Å². The summed E-state index contributed by atoms with van der Waals surface area (Å²) in [6.07, 6.45) is 1.62. The Morgan fingerprint density at radius 1 is 1.17 bits per heavy atom. The molecule has 0 radical (unpaired) electrons. The van der Waals surface area contributed by atoms with Crippen LogP contribution >= 0.6 is 0 Å². The van der Waals surface area contributed by atoms with Gasteiger partial charge >= 0.3 is 5.97 Å². The van der Waals surface area contributed by atoms with Gasteiger partial charge in [0.15, 0.2) is 0 Å². The van der Waals surface area contributed by atoms with E-state index >= 15 is 0 Å². The zero-order valence-corrected chi connectivity index (χ0v) is 14.5. The normalized spacial score (nSPS) is 13.4. The van der Waals surface area contributed by atoms with Crippen LogP contribution in [0.25, 0.3) is 0 Å². The highest BCUT2D eigenvalue weighted by atomic mass is 16.5. The van der Waals surface area contributed by atoms with E-state index in [1.54, 1.807) is 7.05 Å². The Kier molecular flexibility index (Phi) is 8.33. The molecule has 0 aromatic heterocycles. The second kappa shape index (κ2) is 10.0. The molecule has 2 N–H and O–H groups in total. The third-order valence-corrected chi connectivity index (χ3v) is 3.68. The molecule has 1 rings (SSSR count). The molecule has 5 heteroatoms. The van der Waals surface area contributed by atoms with Crippen LogP contribution in [0, 0.1) is 5.92 Å². The van der Waals surface area contributed by atoms with Crippen molar-refractivity contribution in [2.24, 2.45) is 5.92 Å². The first-order valence-corrected chi connectivity index (χ1v) is 8.17. The monoisotopic (exact) mass is 320 g/mol. The Morgan fingerprint density at radius 2 is 1.83 bits per heavy atom. The lowest BCUT2D eigenvalue weighted by Gasteiger charge is -2.23. The fraction of sp³-hybridized carbons (Fsp3) is 0.556. The maximum atomic E-state index is 12.3. The Labute approximate surface area is 138 Å². The molecular weight excluding hydrogens is 292 g/mol. The first-order valence-electron chi connectivity index (χ1n) is 8.17. The van der Waals surface area contributed by atoms with Crippen LogP contribution in [0.5, 0.6) is 0 Å². The zero-order chi connectivity index (χ0) is 17.2. The van der Waals surface area contributed by atoms with Crippen molar-refractivity contribution < 1.29 is 14.3 Å².